The Morgan fingerprint density at radius 3 is 2.57 bits per heavy atom. The van der Waals surface area contributed by atoms with Gasteiger partial charge < -0.3 is 10.5 Å². The van der Waals surface area contributed by atoms with Crippen molar-refractivity contribution in [3.8, 4) is 18.1 Å². The molecule has 2 N–H and O–H groups in total. The van der Waals surface area contributed by atoms with Crippen LogP contribution < -0.4 is 10.5 Å². The lowest BCUT2D eigenvalue weighted by molar-refractivity contribution is -0.117. The third-order valence-electron chi connectivity index (χ3n) is 1.62. The molecule has 0 radical (unpaired) electrons. The zero-order valence-corrected chi connectivity index (χ0v) is 7.69. The van der Waals surface area contributed by atoms with E-state index in [-0.39, 0.29) is 18.9 Å². The molecule has 0 saturated carbocycles. The van der Waals surface area contributed by atoms with Gasteiger partial charge in [0.05, 0.1) is 6.42 Å². The summed E-state index contributed by atoms with van der Waals surface area (Å²) in [6.45, 7) is 0.245. The molecule has 0 atom stereocenters. The van der Waals surface area contributed by atoms with Gasteiger partial charge in [-0.2, -0.15) is 0 Å². The molecule has 72 valence electrons. The number of primary amides is 1. The number of ether oxygens (including phenoxy) is 1. The van der Waals surface area contributed by atoms with E-state index < -0.39 is 0 Å². The topological polar surface area (TPSA) is 52.3 Å². The van der Waals surface area contributed by atoms with E-state index in [1.165, 1.54) is 0 Å². The van der Waals surface area contributed by atoms with Crippen molar-refractivity contribution in [3.05, 3.63) is 29.8 Å². The smallest absolute Gasteiger partial charge is 0.221 e. The van der Waals surface area contributed by atoms with Gasteiger partial charge in [0.1, 0.15) is 12.4 Å². The molecule has 0 aliphatic heterocycles. The van der Waals surface area contributed by atoms with Crippen molar-refractivity contribution in [2.45, 2.75) is 6.42 Å². The molecule has 14 heavy (non-hydrogen) atoms. The maximum Gasteiger partial charge on any atom is 0.221 e. The molecule has 0 aliphatic rings. The Labute approximate surface area is 82.9 Å². The molecule has 0 aliphatic carbocycles. The number of nitrogens with two attached hydrogens (primary N) is 1. The molecule has 1 amide bonds. The van der Waals surface area contributed by atoms with Crippen LogP contribution in [0.3, 0.4) is 0 Å². The molecule has 0 saturated heterocycles. The molecule has 0 spiro atoms. The summed E-state index contributed by atoms with van der Waals surface area (Å²) in [6.07, 6.45) is 5.28. The minimum atomic E-state index is -0.345. The average Bonchev–Trinajstić information content (AvgIpc) is 2.16. The van der Waals surface area contributed by atoms with Crippen molar-refractivity contribution in [1.29, 1.82) is 0 Å². The van der Waals surface area contributed by atoms with E-state index in [9.17, 15) is 4.79 Å². The SMILES string of the molecule is C#CCOc1ccc(CC(N)=O)cc1. The van der Waals surface area contributed by atoms with Crippen LogP contribution in [-0.2, 0) is 11.2 Å². The van der Waals surface area contributed by atoms with E-state index >= 15 is 0 Å². The third-order valence-corrected chi connectivity index (χ3v) is 1.62. The van der Waals surface area contributed by atoms with Crippen molar-refractivity contribution in [2.24, 2.45) is 5.73 Å². The fourth-order valence-corrected chi connectivity index (χ4v) is 1.03. The van der Waals surface area contributed by atoms with Crippen LogP contribution in [0.25, 0.3) is 0 Å². The standard InChI is InChI=1S/C11H11NO2/c1-2-7-14-10-5-3-9(4-6-10)8-11(12)13/h1,3-6H,7-8H2,(H2,12,13). The Bertz CT molecular complexity index is 349. The predicted molar refractivity (Wildman–Crippen MR) is 53.7 cm³/mol. The molecule has 1 aromatic rings. The number of amides is 1. The van der Waals surface area contributed by atoms with E-state index in [4.69, 9.17) is 16.9 Å². The second-order valence-corrected chi connectivity index (χ2v) is 2.78. The Morgan fingerprint density at radius 1 is 1.43 bits per heavy atom. The molecule has 1 rings (SSSR count). The number of carbonyl (C=O) groups excluding carboxylic acids is 1. The maximum absolute atomic E-state index is 10.6. The highest BCUT2D eigenvalue weighted by atomic mass is 16.5. The van der Waals surface area contributed by atoms with Crippen LogP contribution in [0.1, 0.15) is 5.56 Å². The van der Waals surface area contributed by atoms with Crippen LogP contribution in [0, 0.1) is 12.3 Å². The highest BCUT2D eigenvalue weighted by Gasteiger charge is 1.98. The molecular weight excluding hydrogens is 178 g/mol. The molecule has 0 heterocycles. The van der Waals surface area contributed by atoms with Crippen LogP contribution in [-0.4, -0.2) is 12.5 Å². The highest BCUT2D eigenvalue weighted by Crippen LogP contribution is 2.12. The summed E-state index contributed by atoms with van der Waals surface area (Å²) < 4.78 is 5.16. The summed E-state index contributed by atoms with van der Waals surface area (Å²) in [6, 6.07) is 7.10. The number of rotatable bonds is 4. The fraction of sp³-hybridized carbons (Fsp3) is 0.182. The van der Waals surface area contributed by atoms with Gasteiger partial charge in [-0.25, -0.2) is 0 Å². The van der Waals surface area contributed by atoms with Gasteiger partial charge in [-0.05, 0) is 17.7 Å². The van der Waals surface area contributed by atoms with Gasteiger partial charge in [-0.1, -0.05) is 18.1 Å². The average molecular weight is 189 g/mol. The second-order valence-electron chi connectivity index (χ2n) is 2.78. The normalized spacial score (nSPS) is 9.07. The molecule has 3 heteroatoms. The van der Waals surface area contributed by atoms with Gasteiger partial charge in [-0.3, -0.25) is 4.79 Å². The fourth-order valence-electron chi connectivity index (χ4n) is 1.03. The van der Waals surface area contributed by atoms with Crippen molar-refractivity contribution in [2.75, 3.05) is 6.61 Å². The largest absolute Gasteiger partial charge is 0.481 e. The maximum atomic E-state index is 10.6. The molecule has 0 aromatic heterocycles. The third kappa shape index (κ3) is 3.20. The van der Waals surface area contributed by atoms with Gasteiger partial charge >= 0.3 is 0 Å². The van der Waals surface area contributed by atoms with E-state index in [0.717, 1.165) is 5.56 Å². The quantitative estimate of drug-likeness (QED) is 0.710. The minimum Gasteiger partial charge on any atom is -0.481 e. The highest BCUT2D eigenvalue weighted by molar-refractivity contribution is 5.76. The van der Waals surface area contributed by atoms with Crippen molar-refractivity contribution >= 4 is 5.91 Å². The first-order valence-electron chi connectivity index (χ1n) is 4.16. The first-order valence-corrected chi connectivity index (χ1v) is 4.16. The van der Waals surface area contributed by atoms with Gasteiger partial charge in [-0.15, -0.1) is 6.42 Å². The lowest BCUT2D eigenvalue weighted by atomic mass is 10.1. The summed E-state index contributed by atoms with van der Waals surface area (Å²) in [5, 5.41) is 0. The van der Waals surface area contributed by atoms with E-state index in [2.05, 4.69) is 5.92 Å². The summed E-state index contributed by atoms with van der Waals surface area (Å²) in [5.41, 5.74) is 5.91. The van der Waals surface area contributed by atoms with Crippen molar-refractivity contribution in [3.63, 3.8) is 0 Å². The minimum absolute atomic E-state index is 0.245. The second kappa shape index (κ2) is 4.93. The van der Waals surface area contributed by atoms with Crippen LogP contribution in [0.2, 0.25) is 0 Å². The number of hydrogen-bond acceptors (Lipinski definition) is 2. The lowest BCUT2D eigenvalue weighted by Gasteiger charge is -2.02. The van der Waals surface area contributed by atoms with Gasteiger partial charge in [0, 0.05) is 0 Å². The number of carbonyl (C=O) groups is 1. The summed E-state index contributed by atoms with van der Waals surface area (Å²) in [4.78, 5) is 10.6. The molecule has 0 unspecified atom stereocenters. The van der Waals surface area contributed by atoms with Crippen LogP contribution in [0.5, 0.6) is 5.75 Å². The molecule has 3 nitrogen and oxygen atoms in total. The summed E-state index contributed by atoms with van der Waals surface area (Å²) in [7, 11) is 0. The zero-order chi connectivity index (χ0) is 10.4. The lowest BCUT2D eigenvalue weighted by Crippen LogP contribution is -2.13. The van der Waals surface area contributed by atoms with Crippen LogP contribution in [0.4, 0.5) is 0 Å². The molecular formula is C11H11NO2. The van der Waals surface area contributed by atoms with Gasteiger partial charge in [0.15, 0.2) is 0 Å². The summed E-state index contributed by atoms with van der Waals surface area (Å²) in [5.74, 6) is 2.71. The number of terminal acetylenes is 1. The van der Waals surface area contributed by atoms with Crippen molar-refractivity contribution < 1.29 is 9.53 Å². The summed E-state index contributed by atoms with van der Waals surface area (Å²) >= 11 is 0. The van der Waals surface area contributed by atoms with Crippen molar-refractivity contribution in [1.82, 2.24) is 0 Å². The number of hydrogen-bond donors (Lipinski definition) is 1. The Morgan fingerprint density at radius 2 is 2.07 bits per heavy atom. The first-order chi connectivity index (χ1) is 6.72. The van der Waals surface area contributed by atoms with Crippen LogP contribution in [0.15, 0.2) is 24.3 Å². The Kier molecular flexibility index (Phi) is 3.57. The predicted octanol–water partition coefficient (Wildman–Crippen LogP) is 0.726. The van der Waals surface area contributed by atoms with Crippen LogP contribution >= 0.6 is 0 Å². The van der Waals surface area contributed by atoms with Gasteiger partial charge in [0.25, 0.3) is 0 Å². The Balaban J connectivity index is 2.60. The first kappa shape index (κ1) is 10.1. The zero-order valence-electron chi connectivity index (χ0n) is 7.69. The van der Waals surface area contributed by atoms with E-state index in [1.54, 1.807) is 24.3 Å². The molecule has 0 fully saturated rings. The monoisotopic (exact) mass is 189 g/mol. The molecule has 0 bridgehead atoms. The Hall–Kier alpha value is -1.95. The van der Waals surface area contributed by atoms with E-state index in [1.807, 2.05) is 0 Å². The van der Waals surface area contributed by atoms with Gasteiger partial charge in [0.2, 0.25) is 5.91 Å². The van der Waals surface area contributed by atoms with E-state index in [0.29, 0.717) is 5.75 Å². The molecule has 1 aromatic carbocycles. The number of benzene rings is 1.